The zero-order valence-corrected chi connectivity index (χ0v) is 9.45. The average Bonchev–Trinajstić information content (AvgIpc) is 2.30. The van der Waals surface area contributed by atoms with Crippen LogP contribution in [0.25, 0.3) is 0 Å². The van der Waals surface area contributed by atoms with Crippen LogP contribution in [-0.4, -0.2) is 42.6 Å². The third-order valence-electron chi connectivity index (χ3n) is 3.01. The molecule has 88 valence electrons. The summed E-state index contributed by atoms with van der Waals surface area (Å²) in [6.07, 6.45) is 2.53. The molecule has 1 fully saturated rings. The van der Waals surface area contributed by atoms with Gasteiger partial charge in [0.15, 0.2) is 0 Å². The van der Waals surface area contributed by atoms with Gasteiger partial charge in [-0.15, -0.1) is 0 Å². The Morgan fingerprint density at radius 2 is 2.06 bits per heavy atom. The van der Waals surface area contributed by atoms with Gasteiger partial charge in [-0.1, -0.05) is 0 Å². The summed E-state index contributed by atoms with van der Waals surface area (Å²) in [5, 5.41) is 3.33. The van der Waals surface area contributed by atoms with E-state index in [9.17, 15) is 0 Å². The Hall–Kier alpha value is -1.33. The average molecular weight is 221 g/mol. The summed E-state index contributed by atoms with van der Waals surface area (Å²) in [4.78, 5) is 6.49. The monoisotopic (exact) mass is 221 g/mol. The molecule has 0 unspecified atom stereocenters. The van der Waals surface area contributed by atoms with Crippen molar-refractivity contribution in [1.82, 2.24) is 15.2 Å². The molecular formula is C11H19N5. The van der Waals surface area contributed by atoms with Gasteiger partial charge >= 0.3 is 0 Å². The fourth-order valence-corrected chi connectivity index (χ4v) is 2.00. The van der Waals surface area contributed by atoms with Gasteiger partial charge in [0.2, 0.25) is 0 Å². The van der Waals surface area contributed by atoms with Crippen LogP contribution in [0.1, 0.15) is 5.56 Å². The number of hydrogen-bond acceptors (Lipinski definition) is 5. The lowest BCUT2D eigenvalue weighted by Gasteiger charge is -2.27. The standard InChI is InChI=1S/C11H19N5/c12-10-1-3-15-11(13)9(10)2-6-16-7-4-14-5-8-16/h1,3,14H,2,4-8H2,(H4,12,13,15). The van der Waals surface area contributed by atoms with Crippen molar-refractivity contribution in [2.24, 2.45) is 0 Å². The molecule has 1 saturated heterocycles. The third kappa shape index (κ3) is 2.62. The van der Waals surface area contributed by atoms with Gasteiger partial charge in [0.05, 0.1) is 0 Å². The minimum atomic E-state index is 0.565. The van der Waals surface area contributed by atoms with E-state index >= 15 is 0 Å². The van der Waals surface area contributed by atoms with Crippen LogP contribution in [0.2, 0.25) is 0 Å². The minimum absolute atomic E-state index is 0.565. The van der Waals surface area contributed by atoms with E-state index in [4.69, 9.17) is 11.5 Å². The normalized spacial score (nSPS) is 17.5. The van der Waals surface area contributed by atoms with Crippen molar-refractivity contribution in [2.75, 3.05) is 44.2 Å². The fourth-order valence-electron chi connectivity index (χ4n) is 2.00. The van der Waals surface area contributed by atoms with Gasteiger partial charge in [-0.25, -0.2) is 4.98 Å². The number of nitrogens with zero attached hydrogens (tertiary/aromatic N) is 2. The van der Waals surface area contributed by atoms with Crippen molar-refractivity contribution in [3.8, 4) is 0 Å². The Bertz CT molecular complexity index is 326. The molecule has 0 bridgehead atoms. The molecule has 2 rings (SSSR count). The Morgan fingerprint density at radius 3 is 2.75 bits per heavy atom. The van der Waals surface area contributed by atoms with Crippen LogP contribution >= 0.6 is 0 Å². The fraction of sp³-hybridized carbons (Fsp3) is 0.545. The summed E-state index contributed by atoms with van der Waals surface area (Å²) in [5.41, 5.74) is 13.4. The second kappa shape index (κ2) is 5.14. The Balaban J connectivity index is 1.93. The third-order valence-corrected chi connectivity index (χ3v) is 3.01. The molecule has 16 heavy (non-hydrogen) atoms. The van der Waals surface area contributed by atoms with Crippen molar-refractivity contribution < 1.29 is 0 Å². The van der Waals surface area contributed by atoms with Crippen molar-refractivity contribution >= 4 is 11.5 Å². The summed E-state index contributed by atoms with van der Waals surface area (Å²) in [7, 11) is 0. The van der Waals surface area contributed by atoms with E-state index in [1.807, 2.05) is 6.07 Å². The molecule has 5 nitrogen and oxygen atoms in total. The number of rotatable bonds is 3. The zero-order chi connectivity index (χ0) is 11.4. The zero-order valence-electron chi connectivity index (χ0n) is 9.45. The summed E-state index contributed by atoms with van der Waals surface area (Å²) in [6.45, 7) is 5.33. The maximum atomic E-state index is 5.89. The highest BCUT2D eigenvalue weighted by atomic mass is 15.2. The van der Waals surface area contributed by atoms with E-state index in [0.29, 0.717) is 5.82 Å². The van der Waals surface area contributed by atoms with Gasteiger partial charge in [-0.3, -0.25) is 0 Å². The van der Waals surface area contributed by atoms with E-state index in [-0.39, 0.29) is 0 Å². The molecule has 0 amide bonds. The van der Waals surface area contributed by atoms with Crippen molar-refractivity contribution in [3.63, 3.8) is 0 Å². The lowest BCUT2D eigenvalue weighted by Crippen LogP contribution is -2.44. The second-order valence-corrected chi connectivity index (χ2v) is 4.11. The molecule has 2 heterocycles. The van der Waals surface area contributed by atoms with E-state index < -0.39 is 0 Å². The highest BCUT2D eigenvalue weighted by Gasteiger charge is 2.11. The molecule has 1 aromatic rings. The van der Waals surface area contributed by atoms with Gasteiger partial charge in [-0.2, -0.15) is 0 Å². The Kier molecular flexibility index (Phi) is 3.58. The summed E-state index contributed by atoms with van der Waals surface area (Å²) in [6, 6.07) is 1.81. The molecule has 1 aliphatic rings. The summed E-state index contributed by atoms with van der Waals surface area (Å²) >= 11 is 0. The number of anilines is 2. The van der Waals surface area contributed by atoms with Crippen LogP contribution < -0.4 is 16.8 Å². The maximum Gasteiger partial charge on any atom is 0.128 e. The first-order chi connectivity index (χ1) is 7.77. The number of nitrogens with one attached hydrogen (secondary N) is 1. The maximum absolute atomic E-state index is 5.89. The van der Waals surface area contributed by atoms with Crippen LogP contribution in [0, 0.1) is 0 Å². The number of aromatic nitrogens is 1. The SMILES string of the molecule is Nc1ccnc(N)c1CCN1CCNCC1. The van der Waals surface area contributed by atoms with E-state index in [1.165, 1.54) is 0 Å². The first kappa shape index (κ1) is 11.2. The van der Waals surface area contributed by atoms with Gasteiger partial charge in [0.1, 0.15) is 5.82 Å². The number of piperazine rings is 1. The number of pyridine rings is 1. The van der Waals surface area contributed by atoms with Crippen molar-refractivity contribution in [2.45, 2.75) is 6.42 Å². The second-order valence-electron chi connectivity index (χ2n) is 4.11. The largest absolute Gasteiger partial charge is 0.398 e. The lowest BCUT2D eigenvalue weighted by molar-refractivity contribution is 0.244. The molecule has 1 aliphatic heterocycles. The van der Waals surface area contributed by atoms with Crippen LogP contribution in [-0.2, 0) is 6.42 Å². The number of hydrogen-bond donors (Lipinski definition) is 3. The van der Waals surface area contributed by atoms with Crippen LogP contribution in [0.3, 0.4) is 0 Å². The highest BCUT2D eigenvalue weighted by molar-refractivity contribution is 5.56. The Morgan fingerprint density at radius 1 is 1.31 bits per heavy atom. The van der Waals surface area contributed by atoms with E-state index in [0.717, 1.165) is 50.4 Å². The Labute approximate surface area is 95.8 Å². The summed E-state index contributed by atoms with van der Waals surface area (Å²) < 4.78 is 0. The van der Waals surface area contributed by atoms with Gasteiger partial charge in [-0.05, 0) is 12.5 Å². The lowest BCUT2D eigenvalue weighted by atomic mass is 10.1. The van der Waals surface area contributed by atoms with Crippen molar-refractivity contribution in [1.29, 1.82) is 0 Å². The molecule has 0 aromatic carbocycles. The van der Waals surface area contributed by atoms with Gasteiger partial charge in [0.25, 0.3) is 0 Å². The molecule has 1 aromatic heterocycles. The molecule has 0 saturated carbocycles. The quantitative estimate of drug-likeness (QED) is 0.652. The topological polar surface area (TPSA) is 80.2 Å². The first-order valence-electron chi connectivity index (χ1n) is 5.69. The number of nitrogen functional groups attached to an aromatic ring is 2. The molecular weight excluding hydrogens is 202 g/mol. The smallest absolute Gasteiger partial charge is 0.128 e. The van der Waals surface area contributed by atoms with Gasteiger partial charge < -0.3 is 21.7 Å². The summed E-state index contributed by atoms with van der Waals surface area (Å²) in [5.74, 6) is 0.565. The molecule has 0 spiro atoms. The van der Waals surface area contributed by atoms with E-state index in [2.05, 4.69) is 15.2 Å². The van der Waals surface area contributed by atoms with Crippen LogP contribution in [0.4, 0.5) is 11.5 Å². The van der Waals surface area contributed by atoms with Gasteiger partial charge in [0, 0.05) is 50.2 Å². The van der Waals surface area contributed by atoms with Crippen molar-refractivity contribution in [3.05, 3.63) is 17.8 Å². The molecule has 5 N–H and O–H groups in total. The van der Waals surface area contributed by atoms with Crippen LogP contribution in [0.15, 0.2) is 12.3 Å². The molecule has 5 heteroatoms. The molecule has 0 radical (unpaired) electrons. The molecule has 0 aliphatic carbocycles. The minimum Gasteiger partial charge on any atom is -0.398 e. The predicted molar refractivity (Wildman–Crippen MR) is 66.1 cm³/mol. The highest BCUT2D eigenvalue weighted by Crippen LogP contribution is 2.17. The van der Waals surface area contributed by atoms with Crippen LogP contribution in [0.5, 0.6) is 0 Å². The predicted octanol–water partition coefficient (Wildman–Crippen LogP) is -0.306. The molecule has 0 atom stereocenters. The number of nitrogens with two attached hydrogens (primary N) is 2. The first-order valence-corrected chi connectivity index (χ1v) is 5.69. The van der Waals surface area contributed by atoms with E-state index in [1.54, 1.807) is 6.20 Å².